The van der Waals surface area contributed by atoms with E-state index in [4.69, 9.17) is 14.2 Å². The summed E-state index contributed by atoms with van der Waals surface area (Å²) in [6.07, 6.45) is -15.9. The number of carbonyl (C=O) groups excluding carboxylic acids is 2. The number of ether oxygens (including phenoxy) is 3. The van der Waals surface area contributed by atoms with Gasteiger partial charge in [0.2, 0.25) is 0 Å². The molecule has 2 fully saturated rings. The molecular formula is C32H31N3O12. The molecule has 10 atom stereocenters. The first-order chi connectivity index (χ1) is 22.7. The normalized spacial score (nSPS) is 32.9. The molecule has 0 spiro atoms. The van der Waals surface area contributed by atoms with Crippen molar-refractivity contribution in [2.24, 2.45) is 0 Å². The number of aliphatic hydroxyl groups excluding tert-OH is 7. The Bertz CT molecular complexity index is 2070. The van der Waals surface area contributed by atoms with Crippen molar-refractivity contribution in [2.45, 2.75) is 61.3 Å². The number of hydrogen-bond donors (Lipinski definition) is 9. The first kappa shape index (κ1) is 30.3. The molecule has 3 aliphatic heterocycles. The predicted molar refractivity (Wildman–Crippen MR) is 162 cm³/mol. The number of aromatic nitrogens is 2. The molecule has 9 N–H and O–H groups in total. The van der Waals surface area contributed by atoms with Gasteiger partial charge in [0.15, 0.2) is 12.5 Å². The Morgan fingerprint density at radius 1 is 0.723 bits per heavy atom. The van der Waals surface area contributed by atoms with E-state index in [1.807, 2.05) is 24.3 Å². The molecule has 0 radical (unpaired) electrons. The van der Waals surface area contributed by atoms with Gasteiger partial charge < -0.3 is 59.5 Å². The van der Waals surface area contributed by atoms with Gasteiger partial charge in [-0.15, -0.1) is 0 Å². The highest BCUT2D eigenvalue weighted by atomic mass is 16.7. The molecule has 15 nitrogen and oxygen atoms in total. The molecule has 0 saturated carbocycles. The molecule has 5 heterocycles. The van der Waals surface area contributed by atoms with E-state index in [1.54, 1.807) is 28.8 Å². The summed E-state index contributed by atoms with van der Waals surface area (Å²) in [5.74, 6) is -1.13. The molecule has 5 aromatic rings. The number of hydrogen-bond acceptors (Lipinski definition) is 12. The minimum atomic E-state index is -1.81. The molecule has 0 unspecified atom stereocenters. The molecule has 0 bridgehead atoms. The topological polar surface area (TPSA) is 236 Å². The molecular weight excluding hydrogens is 618 g/mol. The SMILES string of the molecule is O=C1NC(=O)c2c1c1c3ccccc3[nH]c1c1c2c2ccccc2n1[C@H]1O[C@H](CO)[C@@H](O[C@H]2O[C@H](CO)[C@@H](O)[C@H](O)[C@H]2O)[C@H](O)[C@H]1O. The zero-order valence-electron chi connectivity index (χ0n) is 24.4. The number of para-hydroxylation sites is 2. The zero-order chi connectivity index (χ0) is 32.9. The quantitative estimate of drug-likeness (QED) is 0.106. The smallest absolute Gasteiger partial charge is 0.259 e. The van der Waals surface area contributed by atoms with Gasteiger partial charge in [0.05, 0.1) is 40.9 Å². The molecule has 0 aliphatic carbocycles. The van der Waals surface area contributed by atoms with Crippen molar-refractivity contribution in [1.82, 2.24) is 14.9 Å². The Kier molecular flexibility index (Phi) is 7.12. The fourth-order valence-corrected chi connectivity index (χ4v) is 7.32. The summed E-state index contributed by atoms with van der Waals surface area (Å²) < 4.78 is 19.1. The van der Waals surface area contributed by atoms with E-state index in [1.165, 1.54) is 0 Å². The number of amides is 2. The van der Waals surface area contributed by atoms with Crippen LogP contribution in [0.25, 0.3) is 43.6 Å². The van der Waals surface area contributed by atoms with E-state index in [9.17, 15) is 45.3 Å². The van der Waals surface area contributed by atoms with E-state index < -0.39 is 86.4 Å². The van der Waals surface area contributed by atoms with E-state index in [2.05, 4.69) is 10.3 Å². The Morgan fingerprint density at radius 3 is 2.11 bits per heavy atom. The van der Waals surface area contributed by atoms with Crippen LogP contribution in [0.1, 0.15) is 26.9 Å². The Morgan fingerprint density at radius 2 is 1.38 bits per heavy atom. The lowest BCUT2D eigenvalue weighted by molar-refractivity contribution is -0.346. The van der Waals surface area contributed by atoms with Gasteiger partial charge in [-0.2, -0.15) is 0 Å². The molecule has 15 heteroatoms. The summed E-state index contributed by atoms with van der Waals surface area (Å²) in [6.45, 7) is -1.44. The molecule has 8 rings (SSSR count). The van der Waals surface area contributed by atoms with Crippen LogP contribution in [-0.4, -0.2) is 125 Å². The lowest BCUT2D eigenvalue weighted by Crippen LogP contribution is -2.63. The largest absolute Gasteiger partial charge is 0.394 e. The van der Waals surface area contributed by atoms with Crippen LogP contribution in [0.3, 0.4) is 0 Å². The first-order valence-corrected chi connectivity index (χ1v) is 15.1. The minimum absolute atomic E-state index is 0.158. The summed E-state index contributed by atoms with van der Waals surface area (Å²) in [6, 6.07) is 14.3. The van der Waals surface area contributed by atoms with Crippen LogP contribution < -0.4 is 5.32 Å². The van der Waals surface area contributed by atoms with Crippen LogP contribution in [0.15, 0.2) is 48.5 Å². The highest BCUT2D eigenvalue weighted by Crippen LogP contribution is 2.46. The molecule has 3 aromatic carbocycles. The van der Waals surface area contributed by atoms with Crippen LogP contribution >= 0.6 is 0 Å². The maximum absolute atomic E-state index is 13.4. The third-order valence-corrected chi connectivity index (χ3v) is 9.52. The van der Waals surface area contributed by atoms with E-state index >= 15 is 0 Å². The van der Waals surface area contributed by atoms with Gasteiger partial charge in [0.1, 0.15) is 48.8 Å². The fraction of sp³-hybridized carbons (Fsp3) is 0.375. The van der Waals surface area contributed by atoms with Gasteiger partial charge in [-0.25, -0.2) is 0 Å². The molecule has 47 heavy (non-hydrogen) atoms. The minimum Gasteiger partial charge on any atom is -0.394 e. The van der Waals surface area contributed by atoms with Gasteiger partial charge in [-0.1, -0.05) is 36.4 Å². The number of nitrogens with one attached hydrogen (secondary N) is 2. The summed E-state index contributed by atoms with van der Waals surface area (Å²) in [7, 11) is 0. The van der Waals surface area contributed by atoms with Crippen molar-refractivity contribution >= 4 is 55.4 Å². The number of aromatic amines is 1. The molecule has 2 saturated heterocycles. The number of aliphatic hydroxyl groups is 7. The zero-order valence-corrected chi connectivity index (χ0v) is 24.4. The van der Waals surface area contributed by atoms with Gasteiger partial charge >= 0.3 is 0 Å². The third-order valence-electron chi connectivity index (χ3n) is 9.52. The summed E-state index contributed by atoms with van der Waals surface area (Å²) in [5, 5.41) is 78.6. The number of nitrogens with zero attached hydrogens (tertiary/aromatic N) is 1. The maximum atomic E-state index is 13.4. The number of carbonyl (C=O) groups is 2. The Balaban J connectivity index is 1.30. The number of benzene rings is 3. The standard InChI is InChI=1S/C32H31N3O12/c36-9-15-23(38)24(39)27(42)32(46-15)47-28-16(10-37)45-31(26(41)25(28)40)35-14-8-4-2-6-12(14)18-20-19(29(43)34-30(20)44)17-11-5-1-3-7-13(11)33-21(17)22(18)35/h1-8,15-16,23-28,31-33,36-42H,9-10H2,(H,34,43,44)/t15-,16-,23-,24+,25-,26-,27-,28-,31+,32-/m1/s1. The number of fused-ring (bicyclic) bond motifs is 10. The lowest BCUT2D eigenvalue weighted by atomic mass is 9.95. The molecule has 3 aliphatic rings. The van der Waals surface area contributed by atoms with Crippen molar-refractivity contribution in [3.8, 4) is 0 Å². The fourth-order valence-electron chi connectivity index (χ4n) is 7.32. The molecule has 246 valence electrons. The van der Waals surface area contributed by atoms with Crippen molar-refractivity contribution < 1.29 is 59.5 Å². The van der Waals surface area contributed by atoms with Crippen LogP contribution in [0, 0.1) is 0 Å². The Hall–Kier alpha value is -4.00. The average Bonchev–Trinajstić information content (AvgIpc) is 3.72. The van der Waals surface area contributed by atoms with Crippen LogP contribution in [0.5, 0.6) is 0 Å². The van der Waals surface area contributed by atoms with Crippen molar-refractivity contribution in [3.63, 3.8) is 0 Å². The average molecular weight is 650 g/mol. The molecule has 2 amide bonds. The predicted octanol–water partition coefficient (Wildman–Crippen LogP) is -0.891. The summed E-state index contributed by atoms with van der Waals surface area (Å²) >= 11 is 0. The highest BCUT2D eigenvalue weighted by Gasteiger charge is 2.51. The van der Waals surface area contributed by atoms with Gasteiger partial charge in [-0.05, 0) is 12.1 Å². The van der Waals surface area contributed by atoms with E-state index in [0.717, 1.165) is 0 Å². The number of imide groups is 1. The first-order valence-electron chi connectivity index (χ1n) is 15.1. The molecule has 2 aromatic heterocycles. The van der Waals surface area contributed by atoms with Crippen LogP contribution in [0.2, 0.25) is 0 Å². The van der Waals surface area contributed by atoms with Crippen molar-refractivity contribution in [3.05, 3.63) is 59.7 Å². The van der Waals surface area contributed by atoms with E-state index in [0.29, 0.717) is 43.6 Å². The summed E-state index contributed by atoms with van der Waals surface area (Å²) in [5.41, 5.74) is 2.43. The second-order valence-corrected chi connectivity index (χ2v) is 12.1. The number of rotatable bonds is 5. The van der Waals surface area contributed by atoms with Crippen molar-refractivity contribution in [2.75, 3.05) is 13.2 Å². The lowest BCUT2D eigenvalue weighted by Gasteiger charge is -2.46. The highest BCUT2D eigenvalue weighted by molar-refractivity contribution is 6.39. The third kappa shape index (κ3) is 4.23. The van der Waals surface area contributed by atoms with Crippen LogP contribution in [0.4, 0.5) is 0 Å². The monoisotopic (exact) mass is 649 g/mol. The van der Waals surface area contributed by atoms with Gasteiger partial charge in [0.25, 0.3) is 11.8 Å². The second kappa shape index (κ2) is 11.0. The second-order valence-electron chi connectivity index (χ2n) is 12.1. The Labute approximate surface area is 264 Å². The van der Waals surface area contributed by atoms with E-state index in [-0.39, 0.29) is 11.1 Å². The summed E-state index contributed by atoms with van der Waals surface area (Å²) in [4.78, 5) is 30.0. The van der Waals surface area contributed by atoms with Gasteiger partial charge in [-0.3, -0.25) is 14.9 Å². The van der Waals surface area contributed by atoms with Crippen molar-refractivity contribution in [1.29, 1.82) is 0 Å². The van der Waals surface area contributed by atoms with Gasteiger partial charge in [0, 0.05) is 27.1 Å². The number of H-pyrrole nitrogens is 1. The van der Waals surface area contributed by atoms with Crippen LogP contribution in [-0.2, 0) is 14.2 Å². The maximum Gasteiger partial charge on any atom is 0.259 e.